The van der Waals surface area contributed by atoms with E-state index in [1.807, 2.05) is 0 Å². The first-order valence-electron chi connectivity index (χ1n) is 8.03. The van der Waals surface area contributed by atoms with E-state index >= 15 is 0 Å². The van der Waals surface area contributed by atoms with Crippen LogP contribution in [0.2, 0.25) is 0 Å². The highest BCUT2D eigenvalue weighted by molar-refractivity contribution is 5.61. The van der Waals surface area contributed by atoms with Crippen LogP contribution in [0.3, 0.4) is 0 Å². The predicted octanol–water partition coefficient (Wildman–Crippen LogP) is 5.00. The molecular formula is C20H23N. The molecule has 1 aliphatic carbocycles. The van der Waals surface area contributed by atoms with Crippen LogP contribution < -0.4 is 5.32 Å². The molecule has 0 saturated heterocycles. The summed E-state index contributed by atoms with van der Waals surface area (Å²) in [7, 11) is 0. The average molecular weight is 277 g/mol. The van der Waals surface area contributed by atoms with Crippen molar-refractivity contribution in [1.29, 1.82) is 0 Å². The van der Waals surface area contributed by atoms with E-state index in [9.17, 15) is 0 Å². The summed E-state index contributed by atoms with van der Waals surface area (Å²) in [6.45, 7) is 7.05. The number of nitrogens with one attached hydrogen (secondary N) is 1. The van der Waals surface area contributed by atoms with Crippen LogP contribution >= 0.6 is 0 Å². The fourth-order valence-electron chi connectivity index (χ4n) is 4.40. The Hall–Kier alpha value is -1.76. The van der Waals surface area contributed by atoms with E-state index in [-0.39, 0.29) is 5.41 Å². The topological polar surface area (TPSA) is 12.0 Å². The van der Waals surface area contributed by atoms with E-state index < -0.39 is 0 Å². The second-order valence-electron chi connectivity index (χ2n) is 7.24. The molecule has 1 N–H and O–H groups in total. The number of anilines is 1. The zero-order valence-electron chi connectivity index (χ0n) is 13.1. The summed E-state index contributed by atoms with van der Waals surface area (Å²) in [6.07, 6.45) is 2.48. The summed E-state index contributed by atoms with van der Waals surface area (Å²) >= 11 is 0. The molecule has 0 spiro atoms. The van der Waals surface area contributed by atoms with Crippen molar-refractivity contribution in [2.75, 3.05) is 5.32 Å². The number of aryl methyl sites for hydroxylation is 2. The van der Waals surface area contributed by atoms with Crippen molar-refractivity contribution in [2.24, 2.45) is 5.92 Å². The third-order valence-corrected chi connectivity index (χ3v) is 5.62. The average Bonchev–Trinajstić information content (AvgIpc) is 2.48. The van der Waals surface area contributed by atoms with Gasteiger partial charge in [-0.3, -0.25) is 0 Å². The lowest BCUT2D eigenvalue weighted by Gasteiger charge is -2.49. The summed E-state index contributed by atoms with van der Waals surface area (Å²) in [5, 5.41) is 3.84. The molecular weight excluding hydrogens is 254 g/mol. The molecule has 2 atom stereocenters. The Morgan fingerprint density at radius 2 is 1.90 bits per heavy atom. The quantitative estimate of drug-likeness (QED) is 0.714. The van der Waals surface area contributed by atoms with Gasteiger partial charge in [0, 0.05) is 5.69 Å². The molecule has 1 nitrogen and oxygen atoms in total. The van der Waals surface area contributed by atoms with E-state index in [1.54, 1.807) is 0 Å². The van der Waals surface area contributed by atoms with E-state index in [2.05, 4.69) is 68.6 Å². The molecule has 108 valence electrons. The summed E-state index contributed by atoms with van der Waals surface area (Å²) < 4.78 is 0. The molecule has 2 aliphatic rings. The number of rotatable bonds is 0. The van der Waals surface area contributed by atoms with Gasteiger partial charge in [-0.05, 0) is 53.9 Å². The van der Waals surface area contributed by atoms with Crippen LogP contribution in [0.25, 0.3) is 0 Å². The second-order valence-corrected chi connectivity index (χ2v) is 7.24. The summed E-state index contributed by atoms with van der Waals surface area (Å²) in [4.78, 5) is 0. The molecule has 4 rings (SSSR count). The molecule has 1 aliphatic heterocycles. The predicted molar refractivity (Wildman–Crippen MR) is 88.8 cm³/mol. The normalized spacial score (nSPS) is 25.3. The van der Waals surface area contributed by atoms with Crippen molar-refractivity contribution >= 4 is 5.69 Å². The Morgan fingerprint density at radius 3 is 2.76 bits per heavy atom. The van der Waals surface area contributed by atoms with Gasteiger partial charge in [-0.15, -0.1) is 0 Å². The van der Waals surface area contributed by atoms with Gasteiger partial charge in [0.15, 0.2) is 0 Å². The molecule has 1 heteroatoms. The van der Waals surface area contributed by atoms with Crippen LogP contribution in [0.4, 0.5) is 5.69 Å². The zero-order chi connectivity index (χ0) is 14.6. The Kier molecular flexibility index (Phi) is 2.69. The first kappa shape index (κ1) is 12.9. The van der Waals surface area contributed by atoms with Crippen LogP contribution in [-0.4, -0.2) is 0 Å². The largest absolute Gasteiger partial charge is 0.378 e. The van der Waals surface area contributed by atoms with Gasteiger partial charge < -0.3 is 5.32 Å². The highest BCUT2D eigenvalue weighted by Gasteiger charge is 2.44. The zero-order valence-corrected chi connectivity index (χ0v) is 13.1. The van der Waals surface area contributed by atoms with Crippen molar-refractivity contribution in [1.82, 2.24) is 0 Å². The SMILES string of the molecule is Cc1ccc2c(c1)C(C)(C)[C@H]1CCc3ccccc3[C@H]1N2. The third kappa shape index (κ3) is 1.83. The van der Waals surface area contributed by atoms with E-state index in [0.717, 1.165) is 0 Å². The van der Waals surface area contributed by atoms with Crippen molar-refractivity contribution in [3.05, 3.63) is 64.7 Å². The highest BCUT2D eigenvalue weighted by Crippen LogP contribution is 2.52. The van der Waals surface area contributed by atoms with Crippen molar-refractivity contribution in [3.63, 3.8) is 0 Å². The van der Waals surface area contributed by atoms with Gasteiger partial charge in [-0.1, -0.05) is 55.8 Å². The lowest BCUT2D eigenvalue weighted by atomic mass is 9.61. The van der Waals surface area contributed by atoms with Gasteiger partial charge in [-0.25, -0.2) is 0 Å². The van der Waals surface area contributed by atoms with E-state index in [0.29, 0.717) is 12.0 Å². The molecule has 0 unspecified atom stereocenters. The first-order valence-corrected chi connectivity index (χ1v) is 8.03. The van der Waals surface area contributed by atoms with Crippen LogP contribution in [0.15, 0.2) is 42.5 Å². The smallest absolute Gasteiger partial charge is 0.0553 e. The fourth-order valence-corrected chi connectivity index (χ4v) is 4.40. The van der Waals surface area contributed by atoms with Crippen LogP contribution in [0.1, 0.15) is 48.6 Å². The Labute approximate surface area is 127 Å². The standard InChI is InChI=1S/C20H23N/c1-13-8-11-18-17(12-13)20(2,3)16-10-9-14-6-4-5-7-15(14)19(16)21-18/h4-8,11-12,16,19,21H,9-10H2,1-3H3/t16-,19+/m0/s1. The maximum absolute atomic E-state index is 3.84. The lowest BCUT2D eigenvalue weighted by Crippen LogP contribution is -2.43. The molecule has 21 heavy (non-hydrogen) atoms. The monoisotopic (exact) mass is 277 g/mol. The highest BCUT2D eigenvalue weighted by atomic mass is 15.0. The first-order chi connectivity index (χ1) is 10.1. The summed E-state index contributed by atoms with van der Waals surface area (Å²) in [6, 6.07) is 16.3. The maximum Gasteiger partial charge on any atom is 0.0553 e. The van der Waals surface area contributed by atoms with Crippen molar-refractivity contribution in [3.8, 4) is 0 Å². The number of hydrogen-bond acceptors (Lipinski definition) is 1. The molecule has 0 bridgehead atoms. The van der Waals surface area contributed by atoms with Gasteiger partial charge in [0.2, 0.25) is 0 Å². The van der Waals surface area contributed by atoms with Crippen molar-refractivity contribution < 1.29 is 0 Å². The van der Waals surface area contributed by atoms with Gasteiger partial charge in [0.25, 0.3) is 0 Å². The molecule has 1 heterocycles. The molecule has 2 aromatic carbocycles. The van der Waals surface area contributed by atoms with E-state index in [4.69, 9.17) is 0 Å². The molecule has 0 aromatic heterocycles. The Bertz CT molecular complexity index is 699. The van der Waals surface area contributed by atoms with Gasteiger partial charge >= 0.3 is 0 Å². The second kappa shape index (κ2) is 4.37. The van der Waals surface area contributed by atoms with Crippen LogP contribution in [0, 0.1) is 12.8 Å². The van der Waals surface area contributed by atoms with Gasteiger partial charge in [0.1, 0.15) is 0 Å². The number of hydrogen-bond donors (Lipinski definition) is 1. The Balaban J connectivity index is 1.88. The molecule has 0 fully saturated rings. The van der Waals surface area contributed by atoms with Crippen LogP contribution in [-0.2, 0) is 11.8 Å². The van der Waals surface area contributed by atoms with Gasteiger partial charge in [-0.2, -0.15) is 0 Å². The third-order valence-electron chi connectivity index (χ3n) is 5.62. The molecule has 0 radical (unpaired) electrons. The lowest BCUT2D eigenvalue weighted by molar-refractivity contribution is 0.240. The number of fused-ring (bicyclic) bond motifs is 4. The molecule has 0 amide bonds. The summed E-state index contributed by atoms with van der Waals surface area (Å²) in [5.41, 5.74) is 7.43. The Morgan fingerprint density at radius 1 is 1.10 bits per heavy atom. The molecule has 0 saturated carbocycles. The molecule has 2 aromatic rings. The summed E-state index contributed by atoms with van der Waals surface area (Å²) in [5.74, 6) is 0.668. The van der Waals surface area contributed by atoms with Crippen molar-refractivity contribution in [2.45, 2.75) is 45.1 Å². The van der Waals surface area contributed by atoms with Gasteiger partial charge in [0.05, 0.1) is 6.04 Å². The minimum atomic E-state index is 0.227. The number of benzene rings is 2. The minimum absolute atomic E-state index is 0.227. The fraction of sp³-hybridized carbons (Fsp3) is 0.400. The maximum atomic E-state index is 3.84. The van der Waals surface area contributed by atoms with E-state index in [1.165, 1.54) is 40.8 Å². The van der Waals surface area contributed by atoms with Crippen LogP contribution in [0.5, 0.6) is 0 Å². The minimum Gasteiger partial charge on any atom is -0.378 e.